The molecule has 0 heterocycles. The van der Waals surface area contributed by atoms with Crippen molar-refractivity contribution >= 4 is 23.6 Å². The molecule has 0 fully saturated rings. The number of carbonyl (C=O) groups excluding carboxylic acids is 2. The van der Waals surface area contributed by atoms with Crippen molar-refractivity contribution in [1.82, 2.24) is 10.2 Å². The molecule has 1 N–H and O–H groups in total. The summed E-state index contributed by atoms with van der Waals surface area (Å²) in [7, 11) is 1.63. The standard InChI is InChI=1S/C31H38N2O3S/c1-5-24(3)32-31(35)29(19-25-13-7-6-8-14-25)33(20-26-15-11-17-28(18-26)36-4)30(34)22-37-21-27-16-10-9-12-23(27)2/h6-18,24,29H,5,19-22H2,1-4H3,(H,32,35). The molecule has 3 aromatic rings. The Morgan fingerprint density at radius 1 is 0.973 bits per heavy atom. The molecule has 0 bridgehead atoms. The Balaban J connectivity index is 1.88. The summed E-state index contributed by atoms with van der Waals surface area (Å²) in [4.78, 5) is 29.1. The average Bonchev–Trinajstić information content (AvgIpc) is 2.92. The van der Waals surface area contributed by atoms with Gasteiger partial charge in [-0.25, -0.2) is 0 Å². The molecule has 0 radical (unpaired) electrons. The van der Waals surface area contributed by atoms with Crippen LogP contribution < -0.4 is 10.1 Å². The maximum absolute atomic E-state index is 13.8. The summed E-state index contributed by atoms with van der Waals surface area (Å²) in [5.74, 6) is 1.58. The van der Waals surface area contributed by atoms with Crippen molar-refractivity contribution in [3.05, 3.63) is 101 Å². The first-order valence-electron chi connectivity index (χ1n) is 12.8. The largest absolute Gasteiger partial charge is 0.497 e. The number of nitrogens with zero attached hydrogens (tertiary/aromatic N) is 1. The van der Waals surface area contributed by atoms with Crippen LogP contribution in [0, 0.1) is 6.92 Å². The Bertz CT molecular complexity index is 1150. The Hall–Kier alpha value is -3.25. The molecule has 2 unspecified atom stereocenters. The van der Waals surface area contributed by atoms with Crippen molar-refractivity contribution in [1.29, 1.82) is 0 Å². The fraction of sp³-hybridized carbons (Fsp3) is 0.355. The van der Waals surface area contributed by atoms with Gasteiger partial charge < -0.3 is 15.0 Å². The van der Waals surface area contributed by atoms with Gasteiger partial charge in [0.15, 0.2) is 0 Å². The minimum absolute atomic E-state index is 0.0231. The van der Waals surface area contributed by atoms with Crippen LogP contribution in [0.2, 0.25) is 0 Å². The second kappa shape index (κ2) is 14.5. The van der Waals surface area contributed by atoms with E-state index in [0.29, 0.717) is 18.7 Å². The second-order valence-electron chi connectivity index (χ2n) is 9.32. The summed E-state index contributed by atoms with van der Waals surface area (Å²) < 4.78 is 5.41. The highest BCUT2D eigenvalue weighted by atomic mass is 32.2. The zero-order valence-corrected chi connectivity index (χ0v) is 23.1. The van der Waals surface area contributed by atoms with Crippen LogP contribution in [0.25, 0.3) is 0 Å². The molecular formula is C31H38N2O3S. The number of benzene rings is 3. The van der Waals surface area contributed by atoms with E-state index in [1.54, 1.807) is 23.8 Å². The van der Waals surface area contributed by atoms with Crippen molar-refractivity contribution in [2.75, 3.05) is 12.9 Å². The molecule has 2 amide bonds. The van der Waals surface area contributed by atoms with Gasteiger partial charge in [0.2, 0.25) is 11.8 Å². The minimum atomic E-state index is -0.630. The fourth-order valence-corrected chi connectivity index (χ4v) is 5.05. The molecule has 2 atom stereocenters. The van der Waals surface area contributed by atoms with Gasteiger partial charge in [-0.2, -0.15) is 0 Å². The van der Waals surface area contributed by atoms with Crippen LogP contribution in [0.3, 0.4) is 0 Å². The molecule has 3 rings (SSSR count). The van der Waals surface area contributed by atoms with E-state index in [9.17, 15) is 9.59 Å². The van der Waals surface area contributed by atoms with E-state index in [1.165, 1.54) is 11.1 Å². The Morgan fingerprint density at radius 3 is 2.38 bits per heavy atom. The van der Waals surface area contributed by atoms with Crippen LogP contribution >= 0.6 is 11.8 Å². The first-order chi connectivity index (χ1) is 17.9. The number of hydrogen-bond donors (Lipinski definition) is 1. The predicted molar refractivity (Wildman–Crippen MR) is 153 cm³/mol. The van der Waals surface area contributed by atoms with Crippen LogP contribution in [0.4, 0.5) is 0 Å². The smallest absolute Gasteiger partial charge is 0.243 e. The number of methoxy groups -OCH3 is 1. The van der Waals surface area contributed by atoms with Gasteiger partial charge in [0.1, 0.15) is 11.8 Å². The molecule has 0 aliphatic carbocycles. The van der Waals surface area contributed by atoms with Gasteiger partial charge in [-0.05, 0) is 54.7 Å². The predicted octanol–water partition coefficient (Wildman–Crippen LogP) is 5.79. The van der Waals surface area contributed by atoms with Crippen LogP contribution in [0.1, 0.15) is 42.5 Å². The van der Waals surface area contributed by atoms with Crippen LogP contribution in [0.15, 0.2) is 78.9 Å². The van der Waals surface area contributed by atoms with E-state index in [0.717, 1.165) is 29.1 Å². The summed E-state index contributed by atoms with van der Waals surface area (Å²) >= 11 is 1.58. The number of hydrogen-bond acceptors (Lipinski definition) is 4. The molecular weight excluding hydrogens is 480 g/mol. The Morgan fingerprint density at radius 2 is 1.68 bits per heavy atom. The highest BCUT2D eigenvalue weighted by Crippen LogP contribution is 2.21. The zero-order valence-electron chi connectivity index (χ0n) is 22.3. The van der Waals surface area contributed by atoms with Crippen molar-refractivity contribution in [2.24, 2.45) is 0 Å². The van der Waals surface area contributed by atoms with Crippen LogP contribution in [0.5, 0.6) is 5.75 Å². The molecule has 3 aromatic carbocycles. The van der Waals surface area contributed by atoms with Gasteiger partial charge in [0.05, 0.1) is 12.9 Å². The van der Waals surface area contributed by atoms with E-state index in [4.69, 9.17) is 4.74 Å². The number of amides is 2. The summed E-state index contributed by atoms with van der Waals surface area (Å²) in [6, 6.07) is 25.2. The zero-order chi connectivity index (χ0) is 26.6. The average molecular weight is 519 g/mol. The molecule has 5 nitrogen and oxygen atoms in total. The molecule has 0 aliphatic heterocycles. The third-order valence-electron chi connectivity index (χ3n) is 6.50. The normalized spacial score (nSPS) is 12.4. The monoisotopic (exact) mass is 518 g/mol. The topological polar surface area (TPSA) is 58.6 Å². The molecule has 0 saturated heterocycles. The van der Waals surface area contributed by atoms with E-state index >= 15 is 0 Å². The molecule has 0 saturated carbocycles. The van der Waals surface area contributed by atoms with Gasteiger partial charge >= 0.3 is 0 Å². The van der Waals surface area contributed by atoms with Crippen molar-refractivity contribution in [2.45, 2.75) is 58.0 Å². The van der Waals surface area contributed by atoms with E-state index in [1.807, 2.05) is 80.6 Å². The van der Waals surface area contributed by atoms with Gasteiger partial charge in [0.25, 0.3) is 0 Å². The van der Waals surface area contributed by atoms with E-state index in [2.05, 4.69) is 24.4 Å². The second-order valence-corrected chi connectivity index (χ2v) is 10.3. The maximum Gasteiger partial charge on any atom is 0.243 e. The molecule has 196 valence electrons. The highest BCUT2D eigenvalue weighted by Gasteiger charge is 2.31. The number of carbonyl (C=O) groups is 2. The lowest BCUT2D eigenvalue weighted by Crippen LogP contribution is -2.52. The summed E-state index contributed by atoms with van der Waals surface area (Å²) in [5.41, 5.74) is 4.37. The summed E-state index contributed by atoms with van der Waals surface area (Å²) in [6.07, 6.45) is 1.27. The first-order valence-corrected chi connectivity index (χ1v) is 14.0. The molecule has 0 aromatic heterocycles. The SMILES string of the molecule is CCC(C)NC(=O)C(Cc1ccccc1)N(Cc1cccc(OC)c1)C(=O)CSCc1ccccc1C. The van der Waals surface area contributed by atoms with Crippen LogP contribution in [-0.2, 0) is 28.3 Å². The third-order valence-corrected chi connectivity index (χ3v) is 7.47. The van der Waals surface area contributed by atoms with Crippen molar-refractivity contribution in [3.8, 4) is 5.75 Å². The molecule has 37 heavy (non-hydrogen) atoms. The van der Waals surface area contributed by atoms with E-state index in [-0.39, 0.29) is 17.9 Å². The number of thioether (sulfide) groups is 1. The molecule has 0 spiro atoms. The third kappa shape index (κ3) is 8.67. The van der Waals surface area contributed by atoms with Crippen molar-refractivity contribution in [3.63, 3.8) is 0 Å². The first kappa shape index (κ1) is 28.3. The minimum Gasteiger partial charge on any atom is -0.497 e. The number of aryl methyl sites for hydroxylation is 1. The van der Waals surface area contributed by atoms with Gasteiger partial charge in [-0.1, -0.05) is 73.7 Å². The summed E-state index contributed by atoms with van der Waals surface area (Å²) in [5, 5.41) is 3.12. The van der Waals surface area contributed by atoms with Crippen LogP contribution in [-0.4, -0.2) is 41.7 Å². The lowest BCUT2D eigenvalue weighted by molar-refractivity contribution is -0.139. The van der Waals surface area contributed by atoms with Gasteiger partial charge in [0, 0.05) is 24.8 Å². The summed E-state index contributed by atoms with van der Waals surface area (Å²) in [6.45, 7) is 6.44. The van der Waals surface area contributed by atoms with Gasteiger partial charge in [-0.3, -0.25) is 9.59 Å². The van der Waals surface area contributed by atoms with E-state index < -0.39 is 6.04 Å². The lowest BCUT2D eigenvalue weighted by atomic mass is 10.0. The Kier molecular flexibility index (Phi) is 11.1. The number of rotatable bonds is 13. The maximum atomic E-state index is 13.8. The number of ether oxygens (including phenoxy) is 1. The molecule has 6 heteroatoms. The fourth-order valence-electron chi connectivity index (χ4n) is 4.07. The highest BCUT2D eigenvalue weighted by molar-refractivity contribution is 7.99. The Labute approximate surface area is 225 Å². The molecule has 0 aliphatic rings. The van der Waals surface area contributed by atoms with Gasteiger partial charge in [-0.15, -0.1) is 11.8 Å². The lowest BCUT2D eigenvalue weighted by Gasteiger charge is -2.32. The van der Waals surface area contributed by atoms with Crippen molar-refractivity contribution < 1.29 is 14.3 Å². The number of nitrogens with one attached hydrogen (secondary N) is 1. The quantitative estimate of drug-likeness (QED) is 0.311.